The Bertz CT molecular complexity index is 826. The quantitative estimate of drug-likeness (QED) is 0.468. The van der Waals surface area contributed by atoms with E-state index in [0.29, 0.717) is 17.9 Å². The maximum Gasteiger partial charge on any atom is 0.352 e. The summed E-state index contributed by atoms with van der Waals surface area (Å²) < 4.78 is 5.96. The standard InChI is InChI=1S/C22H27NO4/c1-3-4-5-6-9-14-27-21-13-12-17-10-7-8-11-18(17)19(21)15-20(22(25)26)23-16(2)24/h7-8,10-13,15H,3-6,9,14H2,1-2H3,(H,23,24)(H,25,26)/b20-15-. The van der Waals surface area contributed by atoms with Crippen molar-refractivity contribution in [3.63, 3.8) is 0 Å². The van der Waals surface area contributed by atoms with Gasteiger partial charge < -0.3 is 15.2 Å². The Balaban J connectivity index is 2.32. The predicted molar refractivity (Wildman–Crippen MR) is 108 cm³/mol. The number of carbonyl (C=O) groups is 2. The third-order valence-corrected chi connectivity index (χ3v) is 4.27. The molecule has 0 aliphatic heterocycles. The fourth-order valence-electron chi connectivity index (χ4n) is 2.92. The zero-order valence-corrected chi connectivity index (χ0v) is 16.0. The molecule has 5 nitrogen and oxygen atoms in total. The fraction of sp³-hybridized carbons (Fsp3) is 0.364. The zero-order valence-electron chi connectivity index (χ0n) is 16.0. The Labute approximate surface area is 160 Å². The summed E-state index contributed by atoms with van der Waals surface area (Å²) in [6, 6.07) is 11.5. The molecule has 27 heavy (non-hydrogen) atoms. The van der Waals surface area contributed by atoms with Gasteiger partial charge in [-0.2, -0.15) is 0 Å². The lowest BCUT2D eigenvalue weighted by Gasteiger charge is -2.13. The van der Waals surface area contributed by atoms with E-state index in [0.717, 1.165) is 23.6 Å². The van der Waals surface area contributed by atoms with Gasteiger partial charge in [-0.3, -0.25) is 4.79 Å². The Hall–Kier alpha value is -2.82. The van der Waals surface area contributed by atoms with Gasteiger partial charge >= 0.3 is 5.97 Å². The molecular formula is C22H27NO4. The van der Waals surface area contributed by atoms with Gasteiger partial charge in [-0.05, 0) is 29.3 Å². The Morgan fingerprint density at radius 3 is 2.52 bits per heavy atom. The lowest BCUT2D eigenvalue weighted by Crippen LogP contribution is -2.24. The Morgan fingerprint density at radius 2 is 1.81 bits per heavy atom. The largest absolute Gasteiger partial charge is 0.493 e. The van der Waals surface area contributed by atoms with E-state index in [9.17, 15) is 14.7 Å². The van der Waals surface area contributed by atoms with Crippen LogP contribution in [0.2, 0.25) is 0 Å². The molecule has 0 unspecified atom stereocenters. The first kappa shape index (κ1) is 20.5. The summed E-state index contributed by atoms with van der Waals surface area (Å²) in [7, 11) is 0. The van der Waals surface area contributed by atoms with E-state index in [-0.39, 0.29) is 5.70 Å². The maximum atomic E-state index is 11.5. The van der Waals surface area contributed by atoms with Gasteiger partial charge in [0.05, 0.1) is 6.61 Å². The lowest BCUT2D eigenvalue weighted by molar-refractivity contribution is -0.134. The molecule has 0 bridgehead atoms. The molecule has 2 aromatic rings. The molecule has 0 fully saturated rings. The first-order chi connectivity index (χ1) is 13.0. The van der Waals surface area contributed by atoms with Crippen LogP contribution in [0.15, 0.2) is 42.1 Å². The summed E-state index contributed by atoms with van der Waals surface area (Å²) in [4.78, 5) is 22.9. The van der Waals surface area contributed by atoms with E-state index in [2.05, 4.69) is 12.2 Å². The first-order valence-corrected chi connectivity index (χ1v) is 9.40. The third-order valence-electron chi connectivity index (χ3n) is 4.27. The average Bonchev–Trinajstić information content (AvgIpc) is 2.64. The molecular weight excluding hydrogens is 342 g/mol. The van der Waals surface area contributed by atoms with Gasteiger partial charge in [-0.25, -0.2) is 4.79 Å². The highest BCUT2D eigenvalue weighted by molar-refractivity contribution is 6.01. The van der Waals surface area contributed by atoms with E-state index in [1.807, 2.05) is 36.4 Å². The second-order valence-electron chi connectivity index (χ2n) is 6.51. The predicted octanol–water partition coefficient (Wildman–Crippen LogP) is 4.75. The van der Waals surface area contributed by atoms with Gasteiger partial charge in [-0.15, -0.1) is 0 Å². The molecule has 0 saturated heterocycles. The minimum absolute atomic E-state index is 0.174. The minimum Gasteiger partial charge on any atom is -0.493 e. The van der Waals surface area contributed by atoms with Crippen molar-refractivity contribution in [3.8, 4) is 5.75 Å². The van der Waals surface area contributed by atoms with E-state index in [1.54, 1.807) is 0 Å². The van der Waals surface area contributed by atoms with Crippen molar-refractivity contribution in [2.75, 3.05) is 6.61 Å². The van der Waals surface area contributed by atoms with Crippen LogP contribution in [-0.4, -0.2) is 23.6 Å². The van der Waals surface area contributed by atoms with E-state index in [1.165, 1.54) is 32.3 Å². The highest BCUT2D eigenvalue weighted by Gasteiger charge is 2.13. The van der Waals surface area contributed by atoms with Gasteiger partial charge in [0.2, 0.25) is 5.91 Å². The van der Waals surface area contributed by atoms with Crippen LogP contribution in [0, 0.1) is 0 Å². The highest BCUT2D eigenvalue weighted by atomic mass is 16.5. The summed E-state index contributed by atoms with van der Waals surface area (Å²) >= 11 is 0. The van der Waals surface area contributed by atoms with Crippen LogP contribution in [0.3, 0.4) is 0 Å². The van der Waals surface area contributed by atoms with Crippen LogP contribution in [-0.2, 0) is 9.59 Å². The van der Waals surface area contributed by atoms with Gasteiger partial charge in [0.25, 0.3) is 0 Å². The monoisotopic (exact) mass is 369 g/mol. The number of amides is 1. The minimum atomic E-state index is -1.19. The summed E-state index contributed by atoms with van der Waals surface area (Å²) in [5, 5.41) is 13.7. The van der Waals surface area contributed by atoms with Crippen molar-refractivity contribution in [3.05, 3.63) is 47.7 Å². The number of carboxylic acid groups (broad SMARTS) is 1. The van der Waals surface area contributed by atoms with Crippen LogP contribution in [0.25, 0.3) is 16.8 Å². The molecule has 0 atom stereocenters. The number of aliphatic carboxylic acids is 1. The van der Waals surface area contributed by atoms with Gasteiger partial charge in [0.15, 0.2) is 0 Å². The highest BCUT2D eigenvalue weighted by Crippen LogP contribution is 2.30. The number of rotatable bonds is 10. The number of unbranched alkanes of at least 4 members (excludes halogenated alkanes) is 4. The molecule has 2 N–H and O–H groups in total. The maximum absolute atomic E-state index is 11.5. The molecule has 0 spiro atoms. The van der Waals surface area contributed by atoms with Crippen LogP contribution in [0.1, 0.15) is 51.5 Å². The van der Waals surface area contributed by atoms with E-state index >= 15 is 0 Å². The summed E-state index contributed by atoms with van der Waals surface area (Å²) in [5.41, 5.74) is 0.486. The normalized spacial score (nSPS) is 11.4. The molecule has 2 aromatic carbocycles. The number of fused-ring (bicyclic) bond motifs is 1. The van der Waals surface area contributed by atoms with Crippen LogP contribution in [0.5, 0.6) is 5.75 Å². The van der Waals surface area contributed by atoms with Crippen molar-refractivity contribution in [2.24, 2.45) is 0 Å². The zero-order chi connectivity index (χ0) is 19.6. The second kappa shape index (κ2) is 10.4. The number of hydrogen-bond donors (Lipinski definition) is 2. The molecule has 0 heterocycles. The lowest BCUT2D eigenvalue weighted by atomic mass is 10.0. The SMILES string of the molecule is CCCCCCCOc1ccc2ccccc2c1/C=C(\NC(C)=O)C(=O)O. The van der Waals surface area contributed by atoms with Crippen LogP contribution < -0.4 is 10.1 Å². The van der Waals surface area contributed by atoms with Crippen LogP contribution >= 0.6 is 0 Å². The average molecular weight is 369 g/mol. The van der Waals surface area contributed by atoms with Crippen molar-refractivity contribution >= 4 is 28.7 Å². The topological polar surface area (TPSA) is 75.6 Å². The van der Waals surface area contributed by atoms with Crippen molar-refractivity contribution in [1.29, 1.82) is 0 Å². The molecule has 0 saturated carbocycles. The van der Waals surface area contributed by atoms with Gasteiger partial charge in [-0.1, -0.05) is 62.9 Å². The molecule has 1 amide bonds. The number of benzene rings is 2. The summed E-state index contributed by atoms with van der Waals surface area (Å²) in [6.07, 6.45) is 7.14. The molecule has 0 aliphatic rings. The fourth-order valence-corrected chi connectivity index (χ4v) is 2.92. The molecule has 144 valence electrons. The first-order valence-electron chi connectivity index (χ1n) is 9.40. The van der Waals surface area contributed by atoms with Crippen molar-refractivity contribution < 1.29 is 19.4 Å². The third kappa shape index (κ3) is 6.13. The molecule has 0 radical (unpaired) electrons. The summed E-state index contributed by atoms with van der Waals surface area (Å²) in [5.74, 6) is -1.00. The number of carboxylic acids is 1. The number of nitrogens with one attached hydrogen (secondary N) is 1. The molecule has 0 aliphatic carbocycles. The number of ether oxygens (including phenoxy) is 1. The van der Waals surface area contributed by atoms with Crippen molar-refractivity contribution in [1.82, 2.24) is 5.32 Å². The molecule has 2 rings (SSSR count). The molecule has 5 heteroatoms. The Kier molecular flexibility index (Phi) is 7.86. The smallest absolute Gasteiger partial charge is 0.352 e. The van der Waals surface area contributed by atoms with Gasteiger partial charge in [0.1, 0.15) is 11.4 Å². The van der Waals surface area contributed by atoms with E-state index in [4.69, 9.17) is 4.74 Å². The number of carbonyl (C=O) groups excluding carboxylic acids is 1. The van der Waals surface area contributed by atoms with Gasteiger partial charge in [0, 0.05) is 12.5 Å². The summed E-state index contributed by atoms with van der Waals surface area (Å²) in [6.45, 7) is 4.04. The molecule has 0 aromatic heterocycles. The Morgan fingerprint density at radius 1 is 1.07 bits per heavy atom. The number of hydrogen-bond acceptors (Lipinski definition) is 3. The van der Waals surface area contributed by atoms with Crippen molar-refractivity contribution in [2.45, 2.75) is 46.0 Å². The van der Waals surface area contributed by atoms with E-state index < -0.39 is 11.9 Å². The second-order valence-corrected chi connectivity index (χ2v) is 6.51. The van der Waals surface area contributed by atoms with Crippen LogP contribution in [0.4, 0.5) is 0 Å².